The summed E-state index contributed by atoms with van der Waals surface area (Å²) in [7, 11) is 0. The van der Waals surface area contributed by atoms with Gasteiger partial charge in [0.2, 0.25) is 0 Å². The summed E-state index contributed by atoms with van der Waals surface area (Å²) in [6.07, 6.45) is 0.730. The minimum Gasteiger partial charge on any atom is -0.477 e. The molecule has 2 heterocycles. The topological polar surface area (TPSA) is 59.3 Å². The molecule has 1 N–H and O–H groups in total. The molecule has 2 rings (SSSR count). The number of thiophene rings is 1. The molecule has 5 heteroatoms. The number of carbonyl (C=O) groups is 1. The molecular weight excluding hydrogens is 250 g/mol. The number of hydrogen-bond donors (Lipinski definition) is 1. The summed E-state index contributed by atoms with van der Waals surface area (Å²) < 4.78 is 2.13. The molecule has 2 aromatic heterocycles. The van der Waals surface area contributed by atoms with Gasteiger partial charge in [0.1, 0.15) is 5.69 Å². The monoisotopic (exact) mass is 265 g/mol. The van der Waals surface area contributed by atoms with Crippen molar-refractivity contribution in [2.24, 2.45) is 0 Å². The zero-order valence-corrected chi connectivity index (χ0v) is 11.4. The molecule has 0 bridgehead atoms. The highest BCUT2D eigenvalue weighted by molar-refractivity contribution is 7.19. The third kappa shape index (κ3) is 1.84. The van der Waals surface area contributed by atoms with Crippen LogP contribution in [0.2, 0.25) is 0 Å². The first-order valence-corrected chi connectivity index (χ1v) is 6.65. The van der Waals surface area contributed by atoms with Gasteiger partial charge in [0.15, 0.2) is 0 Å². The molecule has 0 aromatic carbocycles. The number of fused-ring (bicyclic) bond motifs is 1. The van der Waals surface area contributed by atoms with Gasteiger partial charge >= 0.3 is 5.97 Å². The number of pyridine rings is 1. The van der Waals surface area contributed by atoms with Crippen LogP contribution in [0.1, 0.15) is 34.3 Å². The smallest absolute Gasteiger partial charge is 0.352 e. The van der Waals surface area contributed by atoms with Gasteiger partial charge in [-0.15, -0.1) is 11.3 Å². The van der Waals surface area contributed by atoms with Crippen LogP contribution in [0.3, 0.4) is 0 Å². The Bertz CT molecular complexity index is 682. The minimum absolute atomic E-state index is 0.0793. The number of carboxylic acid groups (broad SMARTS) is 1. The van der Waals surface area contributed by atoms with Crippen molar-refractivity contribution < 1.29 is 9.90 Å². The predicted octanol–water partition coefficient (Wildman–Crippen LogP) is 2.79. The van der Waals surface area contributed by atoms with E-state index < -0.39 is 5.97 Å². The summed E-state index contributed by atoms with van der Waals surface area (Å²) >= 11 is 1.47. The van der Waals surface area contributed by atoms with E-state index in [2.05, 4.69) is 0 Å². The molecule has 0 fully saturated rings. The van der Waals surface area contributed by atoms with Crippen molar-refractivity contribution in [2.75, 3.05) is 0 Å². The number of nitrogens with zero attached hydrogens (tertiary/aromatic N) is 1. The van der Waals surface area contributed by atoms with E-state index in [0.29, 0.717) is 11.9 Å². The Morgan fingerprint density at radius 3 is 2.67 bits per heavy atom. The molecule has 0 radical (unpaired) electrons. The number of aryl methyl sites for hydroxylation is 2. The fourth-order valence-corrected chi connectivity index (χ4v) is 3.19. The van der Waals surface area contributed by atoms with Gasteiger partial charge in [-0.2, -0.15) is 0 Å². The van der Waals surface area contributed by atoms with E-state index in [9.17, 15) is 14.7 Å². The fourth-order valence-electron chi connectivity index (χ4n) is 2.09. The van der Waals surface area contributed by atoms with Crippen LogP contribution in [0, 0.1) is 13.8 Å². The Kier molecular flexibility index (Phi) is 3.26. The van der Waals surface area contributed by atoms with Crippen LogP contribution in [0.5, 0.6) is 0 Å². The zero-order valence-electron chi connectivity index (χ0n) is 10.6. The van der Waals surface area contributed by atoms with Gasteiger partial charge < -0.3 is 9.67 Å². The number of carboxylic acids is 1. The Morgan fingerprint density at radius 2 is 2.11 bits per heavy atom. The summed E-state index contributed by atoms with van der Waals surface area (Å²) in [5.41, 5.74) is 0.853. The molecule has 0 aliphatic rings. The van der Waals surface area contributed by atoms with Crippen molar-refractivity contribution in [1.82, 2.24) is 4.57 Å². The van der Waals surface area contributed by atoms with Gasteiger partial charge in [0.25, 0.3) is 5.56 Å². The Hall–Kier alpha value is -1.62. The molecule has 4 nitrogen and oxygen atoms in total. The molecule has 2 aromatic rings. The first-order chi connectivity index (χ1) is 8.47. The SMILES string of the molecule is CCCn1c(C(=O)O)cc2sc(C)c(C)c2c1=O. The molecule has 18 heavy (non-hydrogen) atoms. The first kappa shape index (κ1) is 12.8. The largest absolute Gasteiger partial charge is 0.477 e. The second kappa shape index (κ2) is 4.57. The van der Waals surface area contributed by atoms with E-state index in [1.54, 1.807) is 6.07 Å². The molecule has 0 aliphatic heterocycles. The van der Waals surface area contributed by atoms with Crippen LogP contribution in [0.4, 0.5) is 0 Å². The van der Waals surface area contributed by atoms with Crippen molar-refractivity contribution in [1.29, 1.82) is 0 Å². The van der Waals surface area contributed by atoms with Crippen molar-refractivity contribution in [3.8, 4) is 0 Å². The Labute approximate surface area is 108 Å². The third-order valence-electron chi connectivity index (χ3n) is 3.10. The summed E-state index contributed by atoms with van der Waals surface area (Å²) in [4.78, 5) is 24.7. The quantitative estimate of drug-likeness (QED) is 0.928. The maximum atomic E-state index is 12.4. The van der Waals surface area contributed by atoms with E-state index >= 15 is 0 Å². The van der Waals surface area contributed by atoms with Crippen LogP contribution in [0.15, 0.2) is 10.9 Å². The van der Waals surface area contributed by atoms with Crippen molar-refractivity contribution >= 4 is 27.4 Å². The summed E-state index contributed by atoms with van der Waals surface area (Å²) in [6, 6.07) is 1.61. The van der Waals surface area contributed by atoms with Gasteiger partial charge in [-0.25, -0.2) is 4.79 Å². The fraction of sp³-hybridized carbons (Fsp3) is 0.385. The lowest BCUT2D eigenvalue weighted by atomic mass is 10.1. The molecule has 0 atom stereocenters. The van der Waals surface area contributed by atoms with Crippen LogP contribution in [-0.2, 0) is 6.54 Å². The average molecular weight is 265 g/mol. The average Bonchev–Trinajstić information content (AvgIpc) is 2.58. The van der Waals surface area contributed by atoms with Gasteiger partial charge in [-0.3, -0.25) is 4.79 Å². The Morgan fingerprint density at radius 1 is 1.44 bits per heavy atom. The van der Waals surface area contributed by atoms with E-state index in [0.717, 1.165) is 21.6 Å². The van der Waals surface area contributed by atoms with Gasteiger partial charge in [0, 0.05) is 16.1 Å². The lowest BCUT2D eigenvalue weighted by Crippen LogP contribution is -2.26. The summed E-state index contributed by atoms with van der Waals surface area (Å²) in [5.74, 6) is -1.05. The van der Waals surface area contributed by atoms with Crippen LogP contribution in [0.25, 0.3) is 10.1 Å². The molecule has 0 saturated heterocycles. The highest BCUT2D eigenvalue weighted by atomic mass is 32.1. The zero-order chi connectivity index (χ0) is 13.4. The third-order valence-corrected chi connectivity index (χ3v) is 4.25. The normalized spacial score (nSPS) is 11.1. The number of aromatic carboxylic acids is 1. The number of aromatic nitrogens is 1. The standard InChI is InChI=1S/C13H15NO3S/c1-4-5-14-9(13(16)17)6-10-11(12(14)15)7(2)8(3)18-10/h6H,4-5H2,1-3H3,(H,16,17). The highest BCUT2D eigenvalue weighted by Gasteiger charge is 2.17. The second-order valence-electron chi connectivity index (χ2n) is 4.31. The summed E-state index contributed by atoms with van der Waals surface area (Å²) in [5, 5.41) is 9.86. The lowest BCUT2D eigenvalue weighted by Gasteiger charge is -2.09. The van der Waals surface area contributed by atoms with Crippen LogP contribution < -0.4 is 5.56 Å². The van der Waals surface area contributed by atoms with E-state index in [1.165, 1.54) is 15.9 Å². The molecular formula is C13H15NO3S. The highest BCUT2D eigenvalue weighted by Crippen LogP contribution is 2.28. The maximum Gasteiger partial charge on any atom is 0.352 e. The lowest BCUT2D eigenvalue weighted by molar-refractivity contribution is 0.0683. The molecule has 0 aliphatic carbocycles. The number of rotatable bonds is 3. The minimum atomic E-state index is -1.05. The van der Waals surface area contributed by atoms with E-state index in [4.69, 9.17) is 0 Å². The molecule has 0 unspecified atom stereocenters. The molecule has 0 spiro atoms. The van der Waals surface area contributed by atoms with E-state index in [-0.39, 0.29) is 11.3 Å². The maximum absolute atomic E-state index is 12.4. The van der Waals surface area contributed by atoms with Crippen molar-refractivity contribution in [2.45, 2.75) is 33.7 Å². The van der Waals surface area contributed by atoms with Crippen LogP contribution >= 0.6 is 11.3 Å². The van der Waals surface area contributed by atoms with Crippen molar-refractivity contribution in [3.63, 3.8) is 0 Å². The molecule has 96 valence electrons. The summed E-state index contributed by atoms with van der Waals surface area (Å²) in [6.45, 7) is 6.22. The first-order valence-electron chi connectivity index (χ1n) is 5.84. The van der Waals surface area contributed by atoms with Crippen LogP contribution in [-0.4, -0.2) is 15.6 Å². The van der Waals surface area contributed by atoms with Crippen molar-refractivity contribution in [3.05, 3.63) is 32.6 Å². The Balaban J connectivity index is 2.90. The molecule has 0 amide bonds. The second-order valence-corrected chi connectivity index (χ2v) is 5.57. The number of hydrogen-bond acceptors (Lipinski definition) is 3. The van der Waals surface area contributed by atoms with Gasteiger partial charge in [0.05, 0.1) is 5.39 Å². The molecule has 0 saturated carbocycles. The van der Waals surface area contributed by atoms with Gasteiger partial charge in [-0.05, 0) is 31.9 Å². The van der Waals surface area contributed by atoms with E-state index in [1.807, 2.05) is 20.8 Å². The predicted molar refractivity (Wildman–Crippen MR) is 72.8 cm³/mol. The van der Waals surface area contributed by atoms with Gasteiger partial charge in [-0.1, -0.05) is 6.92 Å².